The first-order valence-electron chi connectivity index (χ1n) is 4.24. The Morgan fingerprint density at radius 2 is 2.20 bits per heavy atom. The van der Waals surface area contributed by atoms with Crippen molar-refractivity contribution >= 4 is 29.1 Å². The van der Waals surface area contributed by atoms with E-state index in [9.17, 15) is 4.79 Å². The van der Waals surface area contributed by atoms with Gasteiger partial charge >= 0.3 is 0 Å². The fraction of sp³-hybridized carbons (Fsp3) is 0.333. The molecule has 15 heavy (non-hydrogen) atoms. The fourth-order valence-corrected chi connectivity index (χ4v) is 1.33. The molecule has 0 aromatic carbocycles. The third kappa shape index (κ3) is 3.06. The van der Waals surface area contributed by atoms with E-state index >= 15 is 0 Å². The number of rotatable bonds is 3. The number of hydrogen-bond acceptors (Lipinski definition) is 3. The van der Waals surface area contributed by atoms with Gasteiger partial charge in [-0.2, -0.15) is 0 Å². The zero-order chi connectivity index (χ0) is 11.4. The lowest BCUT2D eigenvalue weighted by Crippen LogP contribution is -2.30. The molecular weight excluding hydrogens is 239 g/mol. The molecule has 0 atom stereocenters. The molecule has 0 radical (unpaired) electrons. The second kappa shape index (κ2) is 5.30. The van der Waals surface area contributed by atoms with Crippen LogP contribution in [0.4, 0.5) is 0 Å². The maximum atomic E-state index is 11.7. The molecule has 0 spiro atoms. The van der Waals surface area contributed by atoms with Crippen molar-refractivity contribution < 1.29 is 9.90 Å². The molecule has 1 rings (SSSR count). The minimum Gasteiger partial charge on any atom is -0.395 e. The summed E-state index contributed by atoms with van der Waals surface area (Å²) in [6.45, 7) is 0.115. The molecule has 82 valence electrons. The topological polar surface area (TPSA) is 53.4 Å². The minimum atomic E-state index is -0.364. The molecule has 1 N–H and O–H groups in total. The van der Waals surface area contributed by atoms with E-state index < -0.39 is 0 Å². The van der Waals surface area contributed by atoms with E-state index in [4.69, 9.17) is 28.3 Å². The van der Waals surface area contributed by atoms with Gasteiger partial charge in [-0.05, 0) is 12.1 Å². The summed E-state index contributed by atoms with van der Waals surface area (Å²) in [5, 5.41) is 9.14. The summed E-state index contributed by atoms with van der Waals surface area (Å²) in [5.41, 5.74) is 0.0973. The van der Waals surface area contributed by atoms with Gasteiger partial charge < -0.3 is 10.0 Å². The Labute approximate surface area is 97.4 Å². The van der Waals surface area contributed by atoms with Crippen LogP contribution in [0.5, 0.6) is 0 Å². The van der Waals surface area contributed by atoms with Gasteiger partial charge in [-0.25, -0.2) is 4.98 Å². The minimum absolute atomic E-state index is 0.0973. The Hall–Kier alpha value is -0.840. The van der Waals surface area contributed by atoms with Crippen LogP contribution in [0, 0.1) is 0 Å². The lowest BCUT2D eigenvalue weighted by Gasteiger charge is -2.15. The average molecular weight is 249 g/mol. The number of hydrogen-bond donors (Lipinski definition) is 1. The largest absolute Gasteiger partial charge is 0.395 e. The van der Waals surface area contributed by atoms with Crippen LogP contribution in [0.1, 0.15) is 10.5 Å². The van der Waals surface area contributed by atoms with Crippen molar-refractivity contribution in [1.29, 1.82) is 0 Å². The van der Waals surface area contributed by atoms with E-state index in [1.165, 1.54) is 17.0 Å². The zero-order valence-corrected chi connectivity index (χ0v) is 9.59. The number of carbonyl (C=O) groups excluding carboxylic acids is 1. The van der Waals surface area contributed by atoms with Crippen LogP contribution in [-0.2, 0) is 0 Å². The van der Waals surface area contributed by atoms with Crippen LogP contribution in [0.15, 0.2) is 12.1 Å². The molecule has 6 heteroatoms. The Balaban J connectivity index is 2.95. The summed E-state index contributed by atoms with van der Waals surface area (Å²) in [6.07, 6.45) is 0. The molecule has 0 bridgehead atoms. The lowest BCUT2D eigenvalue weighted by atomic mass is 10.3. The Bertz CT molecular complexity index is 371. The highest BCUT2D eigenvalue weighted by Crippen LogP contribution is 2.17. The van der Waals surface area contributed by atoms with Crippen molar-refractivity contribution in [1.82, 2.24) is 9.88 Å². The number of nitrogens with zero attached hydrogens (tertiary/aromatic N) is 2. The maximum absolute atomic E-state index is 11.7. The molecule has 0 saturated carbocycles. The standard InChI is InChI=1S/C9H10Cl2N2O2/c1-13(4-5-14)9(15)8-6(10)2-3-7(11)12-8/h2-3,14H,4-5H2,1H3. The van der Waals surface area contributed by atoms with Gasteiger partial charge in [-0.15, -0.1) is 0 Å². The van der Waals surface area contributed by atoms with Gasteiger partial charge in [-0.1, -0.05) is 23.2 Å². The van der Waals surface area contributed by atoms with Crippen LogP contribution < -0.4 is 0 Å². The molecule has 0 aliphatic rings. The normalized spacial score (nSPS) is 10.1. The summed E-state index contributed by atoms with van der Waals surface area (Å²) in [4.78, 5) is 16.9. The molecule has 1 amide bonds. The predicted octanol–water partition coefficient (Wildman–Crippen LogP) is 1.45. The molecule has 0 fully saturated rings. The molecule has 1 aromatic rings. The Morgan fingerprint density at radius 1 is 1.53 bits per heavy atom. The number of carbonyl (C=O) groups is 1. The SMILES string of the molecule is CN(CCO)C(=O)c1nc(Cl)ccc1Cl. The van der Waals surface area contributed by atoms with Gasteiger partial charge in [-0.3, -0.25) is 4.79 Å². The van der Waals surface area contributed by atoms with Crippen molar-refractivity contribution in [3.05, 3.63) is 28.0 Å². The molecule has 0 unspecified atom stereocenters. The second-order valence-corrected chi connectivity index (χ2v) is 3.71. The first kappa shape index (κ1) is 12.2. The molecule has 0 aliphatic carbocycles. The second-order valence-electron chi connectivity index (χ2n) is 2.91. The summed E-state index contributed by atoms with van der Waals surface area (Å²) >= 11 is 11.5. The first-order valence-corrected chi connectivity index (χ1v) is 5.00. The van der Waals surface area contributed by atoms with Gasteiger partial charge in [0.25, 0.3) is 5.91 Å². The highest BCUT2D eigenvalue weighted by atomic mass is 35.5. The molecule has 1 aromatic heterocycles. The van der Waals surface area contributed by atoms with E-state index in [-0.39, 0.29) is 34.9 Å². The maximum Gasteiger partial charge on any atom is 0.273 e. The number of amides is 1. The van der Waals surface area contributed by atoms with Crippen LogP contribution in [0.25, 0.3) is 0 Å². The molecular formula is C9H10Cl2N2O2. The number of pyridine rings is 1. The van der Waals surface area contributed by atoms with Crippen molar-refractivity contribution in [3.63, 3.8) is 0 Å². The quantitative estimate of drug-likeness (QED) is 0.825. The Morgan fingerprint density at radius 3 is 2.80 bits per heavy atom. The zero-order valence-electron chi connectivity index (χ0n) is 8.07. The van der Waals surface area contributed by atoms with Gasteiger partial charge in [0.1, 0.15) is 10.8 Å². The van der Waals surface area contributed by atoms with E-state index in [0.717, 1.165) is 0 Å². The predicted molar refractivity (Wildman–Crippen MR) is 58.3 cm³/mol. The number of aliphatic hydroxyl groups is 1. The molecule has 0 aliphatic heterocycles. The van der Waals surface area contributed by atoms with Crippen LogP contribution in [0.2, 0.25) is 10.2 Å². The van der Waals surface area contributed by atoms with Gasteiger partial charge in [0.05, 0.1) is 11.6 Å². The van der Waals surface area contributed by atoms with Crippen LogP contribution >= 0.6 is 23.2 Å². The number of likely N-dealkylation sites (N-methyl/N-ethyl adjacent to an activating group) is 1. The van der Waals surface area contributed by atoms with E-state index in [0.29, 0.717) is 0 Å². The number of aliphatic hydroxyl groups excluding tert-OH is 1. The Kier molecular flexibility index (Phi) is 4.32. The monoisotopic (exact) mass is 248 g/mol. The summed E-state index contributed by atoms with van der Waals surface area (Å²) < 4.78 is 0. The highest BCUT2D eigenvalue weighted by molar-refractivity contribution is 6.34. The van der Waals surface area contributed by atoms with E-state index in [2.05, 4.69) is 4.98 Å². The van der Waals surface area contributed by atoms with E-state index in [1.54, 1.807) is 7.05 Å². The highest BCUT2D eigenvalue weighted by Gasteiger charge is 2.16. The third-order valence-electron chi connectivity index (χ3n) is 1.80. The number of aromatic nitrogens is 1. The molecule has 4 nitrogen and oxygen atoms in total. The van der Waals surface area contributed by atoms with Crippen molar-refractivity contribution in [2.24, 2.45) is 0 Å². The van der Waals surface area contributed by atoms with Crippen molar-refractivity contribution in [2.75, 3.05) is 20.2 Å². The smallest absolute Gasteiger partial charge is 0.273 e. The molecule has 0 saturated heterocycles. The van der Waals surface area contributed by atoms with Gasteiger partial charge in [0.15, 0.2) is 0 Å². The average Bonchev–Trinajstić information content (AvgIpc) is 2.21. The van der Waals surface area contributed by atoms with Crippen LogP contribution in [0.3, 0.4) is 0 Å². The summed E-state index contributed by atoms with van der Waals surface area (Å²) in [5.74, 6) is -0.364. The lowest BCUT2D eigenvalue weighted by molar-refractivity contribution is 0.0761. The van der Waals surface area contributed by atoms with Gasteiger partial charge in [0.2, 0.25) is 0 Å². The summed E-state index contributed by atoms with van der Waals surface area (Å²) in [7, 11) is 1.55. The van der Waals surface area contributed by atoms with Crippen molar-refractivity contribution in [3.8, 4) is 0 Å². The fourth-order valence-electron chi connectivity index (χ4n) is 1.00. The van der Waals surface area contributed by atoms with E-state index in [1.807, 2.05) is 0 Å². The van der Waals surface area contributed by atoms with Crippen LogP contribution in [-0.4, -0.2) is 41.1 Å². The first-order chi connectivity index (χ1) is 7.06. The summed E-state index contributed by atoms with van der Waals surface area (Å²) in [6, 6.07) is 3.02. The third-order valence-corrected chi connectivity index (χ3v) is 2.31. The molecule has 1 heterocycles. The van der Waals surface area contributed by atoms with Crippen molar-refractivity contribution in [2.45, 2.75) is 0 Å². The van der Waals surface area contributed by atoms with Gasteiger partial charge in [0, 0.05) is 13.6 Å². The number of halogens is 2.